The minimum absolute atomic E-state index is 0.114. The number of ketones is 1. The molecule has 0 amide bonds. The number of benzene rings is 1. The third kappa shape index (κ3) is 3.13. The van der Waals surface area contributed by atoms with Gasteiger partial charge in [-0.25, -0.2) is 4.39 Å². The van der Waals surface area contributed by atoms with Gasteiger partial charge in [-0.3, -0.25) is 9.69 Å². The van der Waals surface area contributed by atoms with Gasteiger partial charge in [0.05, 0.1) is 0 Å². The lowest BCUT2D eigenvalue weighted by Crippen LogP contribution is -2.39. The highest BCUT2D eigenvalue weighted by molar-refractivity contribution is 9.10. The molecule has 1 fully saturated rings. The Morgan fingerprint density at radius 3 is 2.94 bits per heavy atom. The molecular formula is C13H15BrFNO. The molecule has 4 heteroatoms. The van der Waals surface area contributed by atoms with E-state index in [4.69, 9.17) is 0 Å². The summed E-state index contributed by atoms with van der Waals surface area (Å²) in [6.07, 6.45) is 0.625. The summed E-state index contributed by atoms with van der Waals surface area (Å²) in [6.45, 7) is 4.32. The van der Waals surface area contributed by atoms with E-state index < -0.39 is 0 Å². The van der Waals surface area contributed by atoms with E-state index in [1.54, 1.807) is 6.07 Å². The molecule has 2 rings (SSSR count). The topological polar surface area (TPSA) is 20.3 Å². The summed E-state index contributed by atoms with van der Waals surface area (Å²) >= 11 is 3.37. The molecule has 1 atom stereocenters. The van der Waals surface area contributed by atoms with Crippen LogP contribution < -0.4 is 0 Å². The van der Waals surface area contributed by atoms with Crippen molar-refractivity contribution in [3.8, 4) is 0 Å². The fourth-order valence-electron chi connectivity index (χ4n) is 2.13. The van der Waals surface area contributed by atoms with Gasteiger partial charge in [0.15, 0.2) is 0 Å². The number of piperidine rings is 1. The number of hydrogen-bond acceptors (Lipinski definition) is 2. The van der Waals surface area contributed by atoms with E-state index in [0.29, 0.717) is 12.2 Å². The smallest absolute Gasteiger partial charge is 0.138 e. The predicted molar refractivity (Wildman–Crippen MR) is 68.2 cm³/mol. The predicted octanol–water partition coefficient (Wildman–Crippen LogP) is 3.00. The van der Waals surface area contributed by atoms with E-state index in [2.05, 4.69) is 20.8 Å². The molecular weight excluding hydrogens is 285 g/mol. The summed E-state index contributed by atoms with van der Waals surface area (Å²) in [4.78, 5) is 13.7. The van der Waals surface area contributed by atoms with Crippen LogP contribution in [0, 0.1) is 11.7 Å². The molecule has 0 N–H and O–H groups in total. The van der Waals surface area contributed by atoms with Crippen molar-refractivity contribution < 1.29 is 9.18 Å². The molecule has 0 saturated carbocycles. The van der Waals surface area contributed by atoms with Gasteiger partial charge in [0.2, 0.25) is 0 Å². The average Bonchev–Trinajstić information content (AvgIpc) is 2.27. The van der Waals surface area contributed by atoms with Crippen LogP contribution in [-0.4, -0.2) is 23.8 Å². The van der Waals surface area contributed by atoms with Crippen molar-refractivity contribution in [1.29, 1.82) is 0 Å². The summed E-state index contributed by atoms with van der Waals surface area (Å²) in [5.74, 6) is 0.227. The number of hydrogen-bond donors (Lipinski definition) is 0. The first kappa shape index (κ1) is 12.7. The van der Waals surface area contributed by atoms with Gasteiger partial charge in [0.25, 0.3) is 0 Å². The van der Waals surface area contributed by atoms with Crippen molar-refractivity contribution in [3.05, 3.63) is 34.1 Å². The Balaban J connectivity index is 2.03. The summed E-state index contributed by atoms with van der Waals surface area (Å²) in [7, 11) is 0. The monoisotopic (exact) mass is 299 g/mol. The highest BCUT2D eigenvalue weighted by Crippen LogP contribution is 2.22. The molecule has 1 aliphatic heterocycles. The van der Waals surface area contributed by atoms with Crippen molar-refractivity contribution in [1.82, 2.24) is 4.90 Å². The molecule has 1 aliphatic rings. The number of likely N-dealkylation sites (tertiary alicyclic amines) is 1. The fourth-order valence-corrected chi connectivity index (χ4v) is 2.61. The normalized spacial score (nSPS) is 21.8. The zero-order valence-corrected chi connectivity index (χ0v) is 11.3. The van der Waals surface area contributed by atoms with Gasteiger partial charge in [-0.15, -0.1) is 0 Å². The van der Waals surface area contributed by atoms with E-state index in [-0.39, 0.29) is 11.7 Å². The molecule has 2 nitrogen and oxygen atoms in total. The van der Waals surface area contributed by atoms with Crippen LogP contribution in [0.5, 0.6) is 0 Å². The standard InChI is InChI=1S/C13H15BrFNO/c1-9-7-16(5-4-13(9)17)8-10-2-3-11(15)6-12(10)14/h2-3,6,9H,4-5,7-8H2,1H3. The second kappa shape index (κ2) is 5.27. The van der Waals surface area contributed by atoms with Gasteiger partial charge in [-0.05, 0) is 17.7 Å². The minimum Gasteiger partial charge on any atom is -0.299 e. The van der Waals surface area contributed by atoms with Crippen molar-refractivity contribution in [2.45, 2.75) is 19.9 Å². The molecule has 92 valence electrons. The average molecular weight is 300 g/mol. The first-order valence-corrected chi connectivity index (χ1v) is 6.54. The van der Waals surface area contributed by atoms with Gasteiger partial charge in [0, 0.05) is 36.4 Å². The minimum atomic E-state index is -0.234. The molecule has 1 unspecified atom stereocenters. The molecule has 1 aromatic carbocycles. The number of nitrogens with zero attached hydrogens (tertiary/aromatic N) is 1. The molecule has 0 aliphatic carbocycles. The number of carbonyl (C=O) groups is 1. The Morgan fingerprint density at radius 1 is 1.53 bits per heavy atom. The summed E-state index contributed by atoms with van der Waals surface area (Å²) < 4.78 is 13.7. The van der Waals surface area contributed by atoms with Crippen molar-refractivity contribution in [3.63, 3.8) is 0 Å². The lowest BCUT2D eigenvalue weighted by Gasteiger charge is -2.30. The summed E-state index contributed by atoms with van der Waals surface area (Å²) in [6, 6.07) is 4.74. The molecule has 0 spiro atoms. The maximum atomic E-state index is 13.0. The highest BCUT2D eigenvalue weighted by atomic mass is 79.9. The van der Waals surface area contributed by atoms with E-state index in [1.165, 1.54) is 12.1 Å². The third-order valence-corrected chi connectivity index (χ3v) is 3.90. The van der Waals surface area contributed by atoms with E-state index in [1.807, 2.05) is 6.92 Å². The van der Waals surface area contributed by atoms with Crippen LogP contribution in [0.3, 0.4) is 0 Å². The number of Topliss-reactive ketones (excluding diaryl/α,β-unsaturated/α-hetero) is 1. The van der Waals surface area contributed by atoms with Crippen LogP contribution >= 0.6 is 15.9 Å². The zero-order valence-electron chi connectivity index (χ0n) is 9.75. The van der Waals surface area contributed by atoms with Crippen molar-refractivity contribution >= 4 is 21.7 Å². The Kier molecular flexibility index (Phi) is 3.94. The Morgan fingerprint density at radius 2 is 2.29 bits per heavy atom. The number of rotatable bonds is 2. The van der Waals surface area contributed by atoms with Crippen LogP contribution in [0.2, 0.25) is 0 Å². The van der Waals surface area contributed by atoms with Gasteiger partial charge in [0.1, 0.15) is 11.6 Å². The highest BCUT2D eigenvalue weighted by Gasteiger charge is 2.23. The fraction of sp³-hybridized carbons (Fsp3) is 0.462. The summed E-state index contributed by atoms with van der Waals surface area (Å²) in [5, 5.41) is 0. The van der Waals surface area contributed by atoms with Crippen LogP contribution in [0.25, 0.3) is 0 Å². The zero-order chi connectivity index (χ0) is 12.4. The molecule has 1 aromatic rings. The van der Waals surface area contributed by atoms with Crippen LogP contribution in [0.1, 0.15) is 18.9 Å². The van der Waals surface area contributed by atoms with E-state index in [9.17, 15) is 9.18 Å². The molecule has 0 aromatic heterocycles. The van der Waals surface area contributed by atoms with Crippen molar-refractivity contribution in [2.75, 3.05) is 13.1 Å². The molecule has 1 saturated heterocycles. The van der Waals surface area contributed by atoms with Crippen LogP contribution in [0.4, 0.5) is 4.39 Å². The summed E-state index contributed by atoms with van der Waals surface area (Å²) in [5.41, 5.74) is 1.06. The van der Waals surface area contributed by atoms with Crippen LogP contribution in [-0.2, 0) is 11.3 Å². The Labute approximate surface area is 109 Å². The molecule has 17 heavy (non-hydrogen) atoms. The van der Waals surface area contributed by atoms with E-state index in [0.717, 1.165) is 29.7 Å². The largest absolute Gasteiger partial charge is 0.299 e. The Bertz CT molecular complexity index is 435. The van der Waals surface area contributed by atoms with Crippen molar-refractivity contribution in [2.24, 2.45) is 5.92 Å². The van der Waals surface area contributed by atoms with Gasteiger partial charge < -0.3 is 0 Å². The van der Waals surface area contributed by atoms with Gasteiger partial charge >= 0.3 is 0 Å². The Hall–Kier alpha value is -0.740. The number of carbonyl (C=O) groups excluding carboxylic acids is 1. The van der Waals surface area contributed by atoms with E-state index >= 15 is 0 Å². The van der Waals surface area contributed by atoms with Gasteiger partial charge in [-0.2, -0.15) is 0 Å². The lowest BCUT2D eigenvalue weighted by molar-refractivity contribution is -0.125. The third-order valence-electron chi connectivity index (χ3n) is 3.17. The first-order valence-electron chi connectivity index (χ1n) is 5.75. The molecule has 0 radical (unpaired) electrons. The maximum absolute atomic E-state index is 13.0. The van der Waals surface area contributed by atoms with Gasteiger partial charge in [-0.1, -0.05) is 28.9 Å². The quantitative estimate of drug-likeness (QED) is 0.837. The lowest BCUT2D eigenvalue weighted by atomic mass is 9.98. The molecule has 0 bridgehead atoms. The maximum Gasteiger partial charge on any atom is 0.138 e. The second-order valence-electron chi connectivity index (χ2n) is 4.59. The first-order chi connectivity index (χ1) is 8.06. The van der Waals surface area contributed by atoms with Crippen LogP contribution in [0.15, 0.2) is 22.7 Å². The molecule has 1 heterocycles. The number of halogens is 2. The second-order valence-corrected chi connectivity index (χ2v) is 5.44. The SMILES string of the molecule is CC1CN(Cc2ccc(F)cc2Br)CCC1=O.